The first-order valence-corrected chi connectivity index (χ1v) is 9.39. The molecule has 0 aliphatic rings. The van der Waals surface area contributed by atoms with E-state index in [4.69, 9.17) is 0 Å². The van der Waals surface area contributed by atoms with Gasteiger partial charge >= 0.3 is 0 Å². The molecule has 0 aromatic heterocycles. The van der Waals surface area contributed by atoms with Gasteiger partial charge in [-0.15, -0.1) is 0 Å². The standard InChI is InChI=1S/C17H34BrNO/c1-5-7-9-11-13-19(14-12-10-8-6-2)17(20)16(18)15(3)4/h15-16H,5-14H2,1-4H3. The molecule has 0 aromatic rings. The molecule has 120 valence electrons. The fraction of sp³-hybridized carbons (Fsp3) is 0.941. The molecular formula is C17H34BrNO. The van der Waals surface area contributed by atoms with Crippen molar-refractivity contribution in [1.29, 1.82) is 0 Å². The largest absolute Gasteiger partial charge is 0.342 e. The van der Waals surface area contributed by atoms with Crippen LogP contribution < -0.4 is 0 Å². The van der Waals surface area contributed by atoms with Crippen LogP contribution in [0.3, 0.4) is 0 Å². The molecule has 0 fully saturated rings. The lowest BCUT2D eigenvalue weighted by molar-refractivity contribution is -0.131. The number of amides is 1. The number of rotatable bonds is 12. The van der Waals surface area contributed by atoms with Crippen molar-refractivity contribution in [3.63, 3.8) is 0 Å². The molecule has 0 heterocycles. The minimum atomic E-state index is -0.0279. The van der Waals surface area contributed by atoms with Crippen molar-refractivity contribution in [2.45, 2.75) is 83.9 Å². The Morgan fingerprint density at radius 2 is 1.35 bits per heavy atom. The maximum Gasteiger partial charge on any atom is 0.236 e. The van der Waals surface area contributed by atoms with Gasteiger partial charge in [-0.2, -0.15) is 0 Å². The van der Waals surface area contributed by atoms with Crippen LogP contribution in [0.25, 0.3) is 0 Å². The first-order valence-electron chi connectivity index (χ1n) is 8.47. The Morgan fingerprint density at radius 3 is 1.70 bits per heavy atom. The number of hydrogen-bond donors (Lipinski definition) is 0. The van der Waals surface area contributed by atoms with E-state index in [2.05, 4.69) is 48.5 Å². The van der Waals surface area contributed by atoms with Crippen molar-refractivity contribution >= 4 is 21.8 Å². The second-order valence-electron chi connectivity index (χ2n) is 6.09. The highest BCUT2D eigenvalue weighted by molar-refractivity contribution is 9.10. The first-order chi connectivity index (χ1) is 9.54. The van der Waals surface area contributed by atoms with Gasteiger partial charge in [0.2, 0.25) is 5.91 Å². The van der Waals surface area contributed by atoms with Gasteiger partial charge in [-0.05, 0) is 18.8 Å². The molecule has 0 aliphatic heterocycles. The molecule has 0 rings (SSSR count). The van der Waals surface area contributed by atoms with Crippen LogP contribution in [0.5, 0.6) is 0 Å². The second-order valence-corrected chi connectivity index (χ2v) is 7.08. The number of alkyl halides is 1. The lowest BCUT2D eigenvalue weighted by Gasteiger charge is -2.26. The van der Waals surface area contributed by atoms with Gasteiger partial charge in [0.05, 0.1) is 4.83 Å². The monoisotopic (exact) mass is 347 g/mol. The van der Waals surface area contributed by atoms with Crippen LogP contribution in [0.15, 0.2) is 0 Å². The maximum absolute atomic E-state index is 12.5. The van der Waals surface area contributed by atoms with Gasteiger partial charge in [0, 0.05) is 13.1 Å². The van der Waals surface area contributed by atoms with E-state index in [9.17, 15) is 4.79 Å². The van der Waals surface area contributed by atoms with E-state index in [1.807, 2.05) is 0 Å². The van der Waals surface area contributed by atoms with Crippen LogP contribution in [0, 0.1) is 5.92 Å². The average Bonchev–Trinajstić information content (AvgIpc) is 2.44. The predicted octanol–water partition coefficient (Wildman–Crippen LogP) is 5.40. The SMILES string of the molecule is CCCCCCN(CCCCCC)C(=O)C(Br)C(C)C. The molecule has 1 amide bonds. The second kappa shape index (κ2) is 12.7. The molecule has 0 radical (unpaired) electrons. The van der Waals surface area contributed by atoms with Gasteiger partial charge in [0.25, 0.3) is 0 Å². The molecule has 0 aromatic carbocycles. The Balaban J connectivity index is 4.25. The lowest BCUT2D eigenvalue weighted by Crippen LogP contribution is -2.40. The van der Waals surface area contributed by atoms with Crippen LogP contribution in [0.4, 0.5) is 0 Å². The summed E-state index contributed by atoms with van der Waals surface area (Å²) in [6, 6.07) is 0. The van der Waals surface area contributed by atoms with Crippen molar-refractivity contribution in [2.75, 3.05) is 13.1 Å². The topological polar surface area (TPSA) is 20.3 Å². The Bertz CT molecular complexity index is 231. The minimum Gasteiger partial charge on any atom is -0.342 e. The summed E-state index contributed by atoms with van der Waals surface area (Å²) in [6.07, 6.45) is 9.82. The highest BCUT2D eigenvalue weighted by Crippen LogP contribution is 2.17. The number of carbonyl (C=O) groups excluding carboxylic acids is 1. The van der Waals surface area contributed by atoms with E-state index in [-0.39, 0.29) is 10.7 Å². The molecule has 0 saturated carbocycles. The van der Waals surface area contributed by atoms with Gasteiger partial charge in [-0.25, -0.2) is 0 Å². The molecule has 0 spiro atoms. The summed E-state index contributed by atoms with van der Waals surface area (Å²) in [7, 11) is 0. The summed E-state index contributed by atoms with van der Waals surface area (Å²) >= 11 is 3.56. The normalized spacial score (nSPS) is 12.7. The van der Waals surface area contributed by atoms with E-state index in [1.54, 1.807) is 0 Å². The van der Waals surface area contributed by atoms with Gasteiger partial charge < -0.3 is 4.90 Å². The van der Waals surface area contributed by atoms with Crippen LogP contribution in [0.2, 0.25) is 0 Å². The summed E-state index contributed by atoms with van der Waals surface area (Å²) in [4.78, 5) is 14.6. The summed E-state index contributed by atoms with van der Waals surface area (Å²) in [6.45, 7) is 10.5. The molecular weight excluding hydrogens is 314 g/mol. The lowest BCUT2D eigenvalue weighted by atomic mass is 10.1. The minimum absolute atomic E-state index is 0.0279. The van der Waals surface area contributed by atoms with Crippen molar-refractivity contribution in [2.24, 2.45) is 5.92 Å². The van der Waals surface area contributed by atoms with Crippen LogP contribution >= 0.6 is 15.9 Å². The highest BCUT2D eigenvalue weighted by atomic mass is 79.9. The van der Waals surface area contributed by atoms with Gasteiger partial charge in [0.15, 0.2) is 0 Å². The summed E-state index contributed by atoms with van der Waals surface area (Å²) in [5.41, 5.74) is 0. The molecule has 0 bridgehead atoms. The summed E-state index contributed by atoms with van der Waals surface area (Å²) in [5, 5.41) is 0. The molecule has 20 heavy (non-hydrogen) atoms. The number of halogens is 1. The third-order valence-corrected chi connectivity index (χ3v) is 5.15. The maximum atomic E-state index is 12.5. The molecule has 3 heteroatoms. The third-order valence-electron chi connectivity index (χ3n) is 3.70. The summed E-state index contributed by atoms with van der Waals surface area (Å²) in [5.74, 6) is 0.643. The van der Waals surface area contributed by atoms with Crippen molar-refractivity contribution < 1.29 is 4.79 Å². The van der Waals surface area contributed by atoms with Gasteiger partial charge in [0.1, 0.15) is 0 Å². The number of hydrogen-bond acceptors (Lipinski definition) is 1. The van der Waals surface area contributed by atoms with Crippen LogP contribution in [0.1, 0.15) is 79.1 Å². The van der Waals surface area contributed by atoms with E-state index >= 15 is 0 Å². The van der Waals surface area contributed by atoms with E-state index in [1.165, 1.54) is 38.5 Å². The van der Waals surface area contributed by atoms with Crippen LogP contribution in [-0.2, 0) is 4.79 Å². The van der Waals surface area contributed by atoms with Crippen molar-refractivity contribution in [3.8, 4) is 0 Å². The Morgan fingerprint density at radius 1 is 0.900 bits per heavy atom. The quantitative estimate of drug-likeness (QED) is 0.342. The van der Waals surface area contributed by atoms with E-state index in [0.717, 1.165) is 25.9 Å². The number of nitrogens with zero attached hydrogens (tertiary/aromatic N) is 1. The molecule has 0 aliphatic carbocycles. The fourth-order valence-electron chi connectivity index (χ4n) is 2.25. The number of unbranched alkanes of at least 4 members (excludes halogenated alkanes) is 6. The van der Waals surface area contributed by atoms with E-state index in [0.29, 0.717) is 5.92 Å². The third kappa shape index (κ3) is 8.99. The zero-order valence-corrected chi connectivity index (χ0v) is 15.5. The van der Waals surface area contributed by atoms with Crippen LogP contribution in [-0.4, -0.2) is 28.7 Å². The van der Waals surface area contributed by atoms with Crippen molar-refractivity contribution in [3.05, 3.63) is 0 Å². The Labute approximate surface area is 134 Å². The first kappa shape index (κ1) is 19.9. The Hall–Kier alpha value is -0.0500. The smallest absolute Gasteiger partial charge is 0.236 e. The zero-order chi connectivity index (χ0) is 15.4. The average molecular weight is 348 g/mol. The molecule has 0 saturated heterocycles. The van der Waals surface area contributed by atoms with Crippen molar-refractivity contribution in [1.82, 2.24) is 4.90 Å². The van der Waals surface area contributed by atoms with E-state index < -0.39 is 0 Å². The predicted molar refractivity (Wildman–Crippen MR) is 92.4 cm³/mol. The number of carbonyl (C=O) groups is 1. The fourth-order valence-corrected chi connectivity index (χ4v) is 2.54. The van der Waals surface area contributed by atoms with Gasteiger partial charge in [-0.3, -0.25) is 4.79 Å². The molecule has 1 atom stereocenters. The van der Waals surface area contributed by atoms with Gasteiger partial charge in [-0.1, -0.05) is 82.1 Å². The Kier molecular flexibility index (Phi) is 12.6. The summed E-state index contributed by atoms with van der Waals surface area (Å²) < 4.78 is 0. The molecule has 1 unspecified atom stereocenters. The molecule has 2 nitrogen and oxygen atoms in total. The molecule has 0 N–H and O–H groups in total. The zero-order valence-electron chi connectivity index (χ0n) is 14.0. The highest BCUT2D eigenvalue weighted by Gasteiger charge is 2.23.